The molecule has 8 heteroatoms. The smallest absolute Gasteiger partial charge is 0.317 e. The minimum absolute atomic E-state index is 0.0435. The zero-order valence-electron chi connectivity index (χ0n) is 15.6. The van der Waals surface area contributed by atoms with Crippen molar-refractivity contribution in [2.24, 2.45) is 0 Å². The monoisotopic (exact) mass is 380 g/mol. The second kappa shape index (κ2) is 8.65. The third-order valence-corrected chi connectivity index (χ3v) is 5.31. The van der Waals surface area contributed by atoms with Crippen molar-refractivity contribution in [1.29, 1.82) is 0 Å². The van der Waals surface area contributed by atoms with E-state index < -0.39 is 11.6 Å². The van der Waals surface area contributed by atoms with Crippen LogP contribution < -0.4 is 5.32 Å². The molecule has 6 nitrogen and oxygen atoms in total. The minimum atomic E-state index is -0.905. The minimum Gasteiger partial charge on any atom is -0.340 e. The van der Waals surface area contributed by atoms with Gasteiger partial charge in [0.2, 0.25) is 5.91 Å². The summed E-state index contributed by atoms with van der Waals surface area (Å²) in [4.78, 5) is 30.4. The number of benzene rings is 1. The Hall–Kier alpha value is -2.22. The second-order valence-corrected chi connectivity index (χ2v) is 7.19. The van der Waals surface area contributed by atoms with E-state index in [0.717, 1.165) is 31.6 Å². The van der Waals surface area contributed by atoms with Crippen LogP contribution in [0.5, 0.6) is 0 Å². The molecule has 2 heterocycles. The largest absolute Gasteiger partial charge is 0.340 e. The van der Waals surface area contributed by atoms with Gasteiger partial charge in [-0.05, 0) is 37.6 Å². The molecular formula is C19H26F2N4O2. The first kappa shape index (κ1) is 19.5. The maximum Gasteiger partial charge on any atom is 0.317 e. The van der Waals surface area contributed by atoms with Gasteiger partial charge in [0.15, 0.2) is 11.6 Å². The Labute approximate surface area is 158 Å². The number of nitrogens with zero attached hydrogens (tertiary/aromatic N) is 3. The van der Waals surface area contributed by atoms with E-state index in [0.29, 0.717) is 31.6 Å². The van der Waals surface area contributed by atoms with E-state index in [1.165, 1.54) is 6.07 Å². The van der Waals surface area contributed by atoms with Crippen molar-refractivity contribution in [2.75, 3.05) is 46.3 Å². The predicted molar refractivity (Wildman–Crippen MR) is 97.1 cm³/mol. The van der Waals surface area contributed by atoms with Crippen molar-refractivity contribution < 1.29 is 18.4 Å². The van der Waals surface area contributed by atoms with E-state index in [2.05, 4.69) is 10.2 Å². The fourth-order valence-electron chi connectivity index (χ4n) is 3.67. The SMILES string of the molecule is CN1CCN(C(=O)CCNC(=O)N2CCC[C@H]2c2ccc(F)c(F)c2)CC1. The number of amides is 3. The second-order valence-electron chi connectivity index (χ2n) is 7.19. The van der Waals surface area contributed by atoms with Gasteiger partial charge >= 0.3 is 6.03 Å². The zero-order chi connectivity index (χ0) is 19.4. The molecule has 3 rings (SSSR count). The van der Waals surface area contributed by atoms with Crippen LogP contribution in [0.1, 0.15) is 30.9 Å². The number of piperazine rings is 1. The molecule has 148 valence electrons. The topological polar surface area (TPSA) is 55.9 Å². The summed E-state index contributed by atoms with van der Waals surface area (Å²) >= 11 is 0. The van der Waals surface area contributed by atoms with Crippen molar-refractivity contribution in [3.05, 3.63) is 35.4 Å². The summed E-state index contributed by atoms with van der Waals surface area (Å²) in [5, 5.41) is 2.79. The molecule has 2 aliphatic heterocycles. The normalized spacial score (nSPS) is 20.8. The molecule has 27 heavy (non-hydrogen) atoms. The molecule has 2 saturated heterocycles. The van der Waals surface area contributed by atoms with Gasteiger partial charge in [0.05, 0.1) is 6.04 Å². The van der Waals surface area contributed by atoms with Crippen LogP contribution in [0.3, 0.4) is 0 Å². The molecule has 0 spiro atoms. The van der Waals surface area contributed by atoms with E-state index in [1.54, 1.807) is 4.90 Å². The number of hydrogen-bond donors (Lipinski definition) is 1. The average Bonchev–Trinajstić information content (AvgIpc) is 3.14. The van der Waals surface area contributed by atoms with Crippen molar-refractivity contribution in [3.8, 4) is 0 Å². The van der Waals surface area contributed by atoms with Crippen LogP contribution >= 0.6 is 0 Å². The number of likely N-dealkylation sites (tertiary alicyclic amines) is 1. The first-order valence-corrected chi connectivity index (χ1v) is 9.41. The fraction of sp³-hybridized carbons (Fsp3) is 0.579. The van der Waals surface area contributed by atoms with Gasteiger partial charge in [-0.1, -0.05) is 6.07 Å². The quantitative estimate of drug-likeness (QED) is 0.869. The molecule has 2 fully saturated rings. The molecule has 0 aromatic heterocycles. The Bertz CT molecular complexity index is 692. The maximum atomic E-state index is 13.5. The summed E-state index contributed by atoms with van der Waals surface area (Å²) in [6.07, 6.45) is 1.77. The Kier molecular flexibility index (Phi) is 6.26. The first-order valence-electron chi connectivity index (χ1n) is 9.41. The third kappa shape index (κ3) is 4.74. The predicted octanol–water partition coefficient (Wildman–Crippen LogP) is 1.98. The highest BCUT2D eigenvalue weighted by Gasteiger charge is 2.30. The van der Waals surface area contributed by atoms with E-state index in [4.69, 9.17) is 0 Å². The Morgan fingerprint density at radius 3 is 2.56 bits per heavy atom. The van der Waals surface area contributed by atoms with Gasteiger partial charge in [0, 0.05) is 45.7 Å². The molecule has 0 unspecified atom stereocenters. The van der Waals surface area contributed by atoms with Gasteiger partial charge in [-0.25, -0.2) is 13.6 Å². The zero-order valence-corrected chi connectivity index (χ0v) is 15.6. The highest BCUT2D eigenvalue weighted by Crippen LogP contribution is 2.32. The van der Waals surface area contributed by atoms with E-state index in [9.17, 15) is 18.4 Å². The molecular weight excluding hydrogens is 354 g/mol. The van der Waals surface area contributed by atoms with E-state index in [1.807, 2.05) is 11.9 Å². The van der Waals surface area contributed by atoms with Crippen molar-refractivity contribution in [3.63, 3.8) is 0 Å². The molecule has 0 bridgehead atoms. The summed E-state index contributed by atoms with van der Waals surface area (Å²) in [7, 11) is 2.03. The van der Waals surface area contributed by atoms with Crippen LogP contribution in [0.15, 0.2) is 18.2 Å². The molecule has 1 N–H and O–H groups in total. The van der Waals surface area contributed by atoms with Gasteiger partial charge in [0.25, 0.3) is 0 Å². The Balaban J connectivity index is 1.49. The number of hydrogen-bond acceptors (Lipinski definition) is 3. The fourth-order valence-corrected chi connectivity index (χ4v) is 3.67. The molecule has 1 aromatic rings. The lowest BCUT2D eigenvalue weighted by Crippen LogP contribution is -2.48. The Morgan fingerprint density at radius 2 is 1.85 bits per heavy atom. The lowest BCUT2D eigenvalue weighted by molar-refractivity contribution is -0.132. The lowest BCUT2D eigenvalue weighted by Gasteiger charge is -2.32. The highest BCUT2D eigenvalue weighted by molar-refractivity contribution is 5.78. The van der Waals surface area contributed by atoms with Crippen LogP contribution in [-0.2, 0) is 4.79 Å². The standard InChI is InChI=1S/C19H26F2N4O2/c1-23-9-11-24(12-10-23)18(26)6-7-22-19(27)25-8-2-3-17(25)14-4-5-15(20)16(21)13-14/h4-5,13,17H,2-3,6-12H2,1H3,(H,22,27)/t17-/m0/s1. The summed E-state index contributed by atoms with van der Waals surface area (Å²) in [6.45, 7) is 3.98. The Morgan fingerprint density at radius 1 is 1.11 bits per heavy atom. The van der Waals surface area contributed by atoms with Crippen molar-refractivity contribution >= 4 is 11.9 Å². The molecule has 0 saturated carbocycles. The third-order valence-electron chi connectivity index (χ3n) is 5.31. The number of halogens is 2. The molecule has 1 aromatic carbocycles. The molecule has 0 radical (unpaired) electrons. The number of carbonyl (C=O) groups excluding carboxylic acids is 2. The average molecular weight is 380 g/mol. The lowest BCUT2D eigenvalue weighted by atomic mass is 10.0. The number of nitrogens with one attached hydrogen (secondary N) is 1. The number of carbonyl (C=O) groups is 2. The highest BCUT2D eigenvalue weighted by atomic mass is 19.2. The maximum absolute atomic E-state index is 13.5. The first-order chi connectivity index (χ1) is 13.0. The number of urea groups is 1. The van der Waals surface area contributed by atoms with Gasteiger partial charge < -0.3 is 20.0 Å². The van der Waals surface area contributed by atoms with Gasteiger partial charge in [0.1, 0.15) is 0 Å². The van der Waals surface area contributed by atoms with Crippen LogP contribution in [-0.4, -0.2) is 73.0 Å². The van der Waals surface area contributed by atoms with Gasteiger partial charge in [-0.2, -0.15) is 0 Å². The van der Waals surface area contributed by atoms with Gasteiger partial charge in [-0.3, -0.25) is 4.79 Å². The van der Waals surface area contributed by atoms with Gasteiger partial charge in [-0.15, -0.1) is 0 Å². The summed E-state index contributed by atoms with van der Waals surface area (Å²) in [5.41, 5.74) is 0.593. The van der Waals surface area contributed by atoms with E-state index >= 15 is 0 Å². The number of rotatable bonds is 4. The molecule has 0 aliphatic carbocycles. The van der Waals surface area contributed by atoms with Crippen molar-refractivity contribution in [2.45, 2.75) is 25.3 Å². The summed E-state index contributed by atoms with van der Waals surface area (Å²) < 4.78 is 26.7. The summed E-state index contributed by atoms with van der Waals surface area (Å²) in [5.74, 6) is -1.75. The molecule has 1 atom stereocenters. The van der Waals surface area contributed by atoms with Crippen LogP contribution in [0, 0.1) is 11.6 Å². The number of likely N-dealkylation sites (N-methyl/N-ethyl adjacent to an activating group) is 1. The van der Waals surface area contributed by atoms with Crippen LogP contribution in [0.25, 0.3) is 0 Å². The van der Waals surface area contributed by atoms with Crippen LogP contribution in [0.4, 0.5) is 13.6 Å². The summed E-state index contributed by atoms with van der Waals surface area (Å²) in [6, 6.07) is 3.23. The van der Waals surface area contributed by atoms with Crippen LogP contribution in [0.2, 0.25) is 0 Å². The van der Waals surface area contributed by atoms with Crippen molar-refractivity contribution in [1.82, 2.24) is 20.0 Å². The molecule has 3 amide bonds. The van der Waals surface area contributed by atoms with E-state index in [-0.39, 0.29) is 30.9 Å². The molecule has 2 aliphatic rings.